The van der Waals surface area contributed by atoms with E-state index in [-0.39, 0.29) is 18.0 Å². The van der Waals surface area contributed by atoms with Crippen molar-refractivity contribution in [2.45, 2.75) is 32.7 Å². The highest BCUT2D eigenvalue weighted by Gasteiger charge is 2.26. The molecule has 0 bridgehead atoms. The van der Waals surface area contributed by atoms with E-state index in [2.05, 4.69) is 10.6 Å². The Labute approximate surface area is 152 Å². The molecule has 1 aliphatic rings. The SMILES string of the molecule is Cc1cc(C(=O)N2CCC(NC(=O)Nc3ccccc3)CC2)c(C)s1. The molecule has 5 nitrogen and oxygen atoms in total. The number of anilines is 1. The van der Waals surface area contributed by atoms with Crippen LogP contribution in [-0.2, 0) is 0 Å². The number of urea groups is 1. The molecule has 0 radical (unpaired) electrons. The first-order valence-electron chi connectivity index (χ1n) is 8.52. The van der Waals surface area contributed by atoms with Crippen molar-refractivity contribution in [3.05, 3.63) is 51.7 Å². The monoisotopic (exact) mass is 357 g/mol. The number of carbonyl (C=O) groups is 2. The summed E-state index contributed by atoms with van der Waals surface area (Å²) < 4.78 is 0. The molecule has 1 fully saturated rings. The van der Waals surface area contributed by atoms with Gasteiger partial charge in [0.15, 0.2) is 0 Å². The molecule has 0 spiro atoms. The van der Waals surface area contributed by atoms with Gasteiger partial charge in [0.1, 0.15) is 0 Å². The zero-order chi connectivity index (χ0) is 17.8. The summed E-state index contributed by atoms with van der Waals surface area (Å²) in [5.74, 6) is 0.106. The molecule has 2 N–H and O–H groups in total. The van der Waals surface area contributed by atoms with Crippen LogP contribution < -0.4 is 10.6 Å². The Kier molecular flexibility index (Phi) is 5.38. The van der Waals surface area contributed by atoms with Crippen molar-refractivity contribution in [2.24, 2.45) is 0 Å². The van der Waals surface area contributed by atoms with Crippen molar-refractivity contribution < 1.29 is 9.59 Å². The largest absolute Gasteiger partial charge is 0.338 e. The fraction of sp³-hybridized carbons (Fsp3) is 0.368. The van der Waals surface area contributed by atoms with Crippen molar-refractivity contribution in [1.82, 2.24) is 10.2 Å². The number of aryl methyl sites for hydroxylation is 2. The normalized spacial score (nSPS) is 15.0. The minimum Gasteiger partial charge on any atom is -0.338 e. The maximum Gasteiger partial charge on any atom is 0.319 e. The topological polar surface area (TPSA) is 61.4 Å². The molecule has 3 amide bonds. The lowest BCUT2D eigenvalue weighted by molar-refractivity contribution is 0.0708. The van der Waals surface area contributed by atoms with E-state index in [1.54, 1.807) is 11.3 Å². The van der Waals surface area contributed by atoms with Gasteiger partial charge < -0.3 is 15.5 Å². The van der Waals surface area contributed by atoms with E-state index in [9.17, 15) is 9.59 Å². The highest BCUT2D eigenvalue weighted by Crippen LogP contribution is 2.23. The maximum atomic E-state index is 12.6. The summed E-state index contributed by atoms with van der Waals surface area (Å²) in [6.07, 6.45) is 1.55. The van der Waals surface area contributed by atoms with Gasteiger partial charge in [-0.05, 0) is 44.9 Å². The van der Waals surface area contributed by atoms with E-state index in [0.29, 0.717) is 13.1 Å². The Hall–Kier alpha value is -2.34. The molecule has 1 aliphatic heterocycles. The predicted octanol–water partition coefficient (Wildman–Crippen LogP) is 3.79. The molecule has 2 heterocycles. The number of hydrogen-bond acceptors (Lipinski definition) is 3. The molecule has 0 atom stereocenters. The molecule has 2 aromatic rings. The van der Waals surface area contributed by atoms with Crippen LogP contribution in [0.15, 0.2) is 36.4 Å². The van der Waals surface area contributed by atoms with Crippen LogP contribution in [0.1, 0.15) is 33.0 Å². The Morgan fingerprint density at radius 3 is 2.40 bits per heavy atom. The third-order valence-corrected chi connectivity index (χ3v) is 5.39. The second-order valence-corrected chi connectivity index (χ2v) is 7.82. The van der Waals surface area contributed by atoms with E-state index in [1.807, 2.05) is 55.1 Å². The van der Waals surface area contributed by atoms with Crippen LogP contribution in [0.4, 0.5) is 10.5 Å². The third-order valence-electron chi connectivity index (χ3n) is 4.42. The first-order chi connectivity index (χ1) is 12.0. The van der Waals surface area contributed by atoms with Crippen LogP contribution in [0.2, 0.25) is 0 Å². The van der Waals surface area contributed by atoms with E-state index in [1.165, 1.54) is 0 Å². The number of likely N-dealkylation sites (tertiary alicyclic amines) is 1. The van der Waals surface area contributed by atoms with Crippen molar-refractivity contribution >= 4 is 29.0 Å². The van der Waals surface area contributed by atoms with Crippen molar-refractivity contribution in [1.29, 1.82) is 0 Å². The minimum atomic E-state index is -0.194. The first kappa shape index (κ1) is 17.5. The van der Waals surface area contributed by atoms with Crippen molar-refractivity contribution in [3.8, 4) is 0 Å². The van der Waals surface area contributed by atoms with Crippen molar-refractivity contribution in [3.63, 3.8) is 0 Å². The molecular formula is C19H23N3O2S. The van der Waals surface area contributed by atoms with Crippen LogP contribution >= 0.6 is 11.3 Å². The fourth-order valence-corrected chi connectivity index (χ4v) is 4.03. The standard InChI is InChI=1S/C19H23N3O2S/c1-13-12-17(14(2)25-13)18(23)22-10-8-16(9-11-22)21-19(24)20-15-6-4-3-5-7-15/h3-7,12,16H,8-11H2,1-2H3,(H2,20,21,24). The number of piperidine rings is 1. The number of nitrogens with one attached hydrogen (secondary N) is 2. The smallest absolute Gasteiger partial charge is 0.319 e. The molecule has 0 unspecified atom stereocenters. The summed E-state index contributed by atoms with van der Waals surface area (Å²) in [5.41, 5.74) is 1.59. The fourth-order valence-electron chi connectivity index (χ4n) is 3.11. The van der Waals surface area contributed by atoms with Gasteiger partial charge in [0, 0.05) is 34.6 Å². The van der Waals surface area contributed by atoms with E-state index >= 15 is 0 Å². The Bertz CT molecular complexity index is 749. The summed E-state index contributed by atoms with van der Waals surface area (Å²) in [6.45, 7) is 5.36. The Balaban J connectivity index is 1.49. The lowest BCUT2D eigenvalue weighted by Gasteiger charge is -2.32. The molecule has 0 aliphatic carbocycles. The predicted molar refractivity (Wildman–Crippen MR) is 101 cm³/mol. The summed E-state index contributed by atoms with van der Waals surface area (Å²) in [6, 6.07) is 11.3. The number of amides is 3. The van der Waals surface area contributed by atoms with E-state index < -0.39 is 0 Å². The van der Waals surface area contributed by atoms with Crippen LogP contribution in [0.5, 0.6) is 0 Å². The molecule has 1 saturated heterocycles. The van der Waals surface area contributed by atoms with Crippen LogP contribution in [0, 0.1) is 13.8 Å². The van der Waals surface area contributed by atoms with Gasteiger partial charge >= 0.3 is 6.03 Å². The zero-order valence-corrected chi connectivity index (χ0v) is 15.4. The lowest BCUT2D eigenvalue weighted by atomic mass is 10.0. The number of para-hydroxylation sites is 1. The Morgan fingerprint density at radius 2 is 1.80 bits per heavy atom. The molecule has 0 saturated carbocycles. The van der Waals surface area contributed by atoms with E-state index in [4.69, 9.17) is 0 Å². The quantitative estimate of drug-likeness (QED) is 0.878. The molecule has 132 valence electrons. The average Bonchev–Trinajstić information content (AvgIpc) is 2.94. The van der Waals surface area contributed by atoms with Gasteiger partial charge in [-0.3, -0.25) is 4.79 Å². The highest BCUT2D eigenvalue weighted by atomic mass is 32.1. The van der Waals surface area contributed by atoms with Crippen LogP contribution in [-0.4, -0.2) is 36.0 Å². The molecule has 3 rings (SSSR count). The lowest BCUT2D eigenvalue weighted by Crippen LogP contribution is -2.47. The molecule has 1 aromatic heterocycles. The first-order valence-corrected chi connectivity index (χ1v) is 9.33. The van der Waals surface area contributed by atoms with Crippen LogP contribution in [0.3, 0.4) is 0 Å². The van der Waals surface area contributed by atoms with Crippen LogP contribution in [0.25, 0.3) is 0 Å². The van der Waals surface area contributed by atoms with Gasteiger partial charge in [-0.15, -0.1) is 11.3 Å². The number of thiophene rings is 1. The van der Waals surface area contributed by atoms with Gasteiger partial charge in [0.25, 0.3) is 5.91 Å². The minimum absolute atomic E-state index is 0.0954. The summed E-state index contributed by atoms with van der Waals surface area (Å²) >= 11 is 1.66. The highest BCUT2D eigenvalue weighted by molar-refractivity contribution is 7.12. The third kappa shape index (κ3) is 4.39. The summed E-state index contributed by atoms with van der Waals surface area (Å²) in [4.78, 5) is 28.8. The van der Waals surface area contributed by atoms with E-state index in [0.717, 1.165) is 33.8 Å². The molecule has 25 heavy (non-hydrogen) atoms. The molecule has 6 heteroatoms. The second-order valence-electron chi connectivity index (χ2n) is 6.36. The summed E-state index contributed by atoms with van der Waals surface area (Å²) in [7, 11) is 0. The van der Waals surface area contributed by atoms with Gasteiger partial charge in [0.05, 0.1) is 5.56 Å². The zero-order valence-electron chi connectivity index (χ0n) is 14.5. The molecule has 1 aromatic carbocycles. The number of carbonyl (C=O) groups excluding carboxylic acids is 2. The summed E-state index contributed by atoms with van der Waals surface area (Å²) in [5, 5.41) is 5.83. The second kappa shape index (κ2) is 7.70. The number of benzene rings is 1. The molecular weight excluding hydrogens is 334 g/mol. The number of hydrogen-bond donors (Lipinski definition) is 2. The van der Waals surface area contributed by atoms with Gasteiger partial charge in [-0.1, -0.05) is 18.2 Å². The van der Waals surface area contributed by atoms with Crippen molar-refractivity contribution in [2.75, 3.05) is 18.4 Å². The van der Waals surface area contributed by atoms with Gasteiger partial charge in [-0.2, -0.15) is 0 Å². The van der Waals surface area contributed by atoms with Gasteiger partial charge in [0.2, 0.25) is 0 Å². The maximum absolute atomic E-state index is 12.6. The Morgan fingerprint density at radius 1 is 1.12 bits per heavy atom. The average molecular weight is 357 g/mol. The number of rotatable bonds is 3. The number of nitrogens with zero attached hydrogens (tertiary/aromatic N) is 1. The van der Waals surface area contributed by atoms with Gasteiger partial charge in [-0.25, -0.2) is 4.79 Å².